The van der Waals surface area contributed by atoms with Gasteiger partial charge in [0.1, 0.15) is 23.4 Å². The van der Waals surface area contributed by atoms with E-state index in [1.165, 1.54) is 0 Å². The Bertz CT molecular complexity index is 1470. The molecule has 4 unspecified atom stereocenters. The molecule has 12 heteroatoms. The number of hydrogen-bond donors (Lipinski definition) is 4. The van der Waals surface area contributed by atoms with Crippen LogP contribution in [0.2, 0.25) is 0 Å². The van der Waals surface area contributed by atoms with Gasteiger partial charge in [0.25, 0.3) is 0 Å². The van der Waals surface area contributed by atoms with Crippen LogP contribution < -0.4 is 26.0 Å². The summed E-state index contributed by atoms with van der Waals surface area (Å²) in [4.78, 5) is 68.9. The fourth-order valence-electron chi connectivity index (χ4n) is 6.13. The zero-order valence-corrected chi connectivity index (χ0v) is 30.1. The van der Waals surface area contributed by atoms with Crippen molar-refractivity contribution in [2.24, 2.45) is 17.8 Å². The Hall–Kier alpha value is -4.45. The molecule has 2 fully saturated rings. The lowest BCUT2D eigenvalue weighted by Gasteiger charge is -2.33. The van der Waals surface area contributed by atoms with E-state index in [2.05, 4.69) is 21.3 Å². The van der Waals surface area contributed by atoms with Crippen LogP contribution >= 0.6 is 0 Å². The molecule has 5 amide bonds. The van der Waals surface area contributed by atoms with Gasteiger partial charge in [-0.3, -0.25) is 19.2 Å². The van der Waals surface area contributed by atoms with E-state index < -0.39 is 41.6 Å². The molecule has 4 atom stereocenters. The normalized spacial score (nSPS) is 19.2. The van der Waals surface area contributed by atoms with E-state index in [9.17, 15) is 24.0 Å². The fourth-order valence-corrected chi connectivity index (χ4v) is 6.13. The Kier molecular flexibility index (Phi) is 13.4. The van der Waals surface area contributed by atoms with Gasteiger partial charge in [0, 0.05) is 31.1 Å². The minimum absolute atomic E-state index is 0.0622. The molecule has 0 radical (unpaired) electrons. The number of urea groups is 1. The molecule has 2 saturated heterocycles. The zero-order valence-electron chi connectivity index (χ0n) is 30.1. The number of nitrogens with one attached hydrogen (secondary N) is 4. The van der Waals surface area contributed by atoms with E-state index in [4.69, 9.17) is 9.47 Å². The van der Waals surface area contributed by atoms with Crippen LogP contribution in [0.5, 0.6) is 5.75 Å². The molecular formula is C38H53N5O7. The lowest BCUT2D eigenvalue weighted by Crippen LogP contribution is -2.58. The monoisotopic (exact) mass is 691 g/mol. The van der Waals surface area contributed by atoms with Crippen LogP contribution in [0.3, 0.4) is 0 Å². The molecule has 4 N–H and O–H groups in total. The average molecular weight is 692 g/mol. The molecule has 2 aromatic carbocycles. The smallest absolute Gasteiger partial charge is 0.318 e. The van der Waals surface area contributed by atoms with Crippen LogP contribution in [0.15, 0.2) is 54.6 Å². The van der Waals surface area contributed by atoms with Crippen molar-refractivity contribution in [3.63, 3.8) is 0 Å². The maximum atomic E-state index is 13.9. The van der Waals surface area contributed by atoms with Gasteiger partial charge in [-0.15, -0.1) is 0 Å². The summed E-state index contributed by atoms with van der Waals surface area (Å²) >= 11 is 0. The minimum atomic E-state index is -0.994. The maximum Gasteiger partial charge on any atom is 0.318 e. The number of epoxide rings is 1. The quantitative estimate of drug-likeness (QED) is 0.193. The maximum absolute atomic E-state index is 13.9. The summed E-state index contributed by atoms with van der Waals surface area (Å²) in [7, 11) is 1.58. The Balaban J connectivity index is 1.40. The standard InChI is InChI=1S/C38H53N5O7/c1-24(2)20-30(33(44)38(5)23-50-38)40-36(47)32(22-26-10-8-7-9-11-26)41-35(46)31(21-25(3)4)42-37(48)43-18-16-27(17-19-43)34(45)39-28-12-14-29(49-6)15-13-28/h7-15,24-25,27,30-32H,16-23H2,1-6H3,(H,39,45)(H,40,47)(H,41,46)(H,42,48). The van der Waals surface area contributed by atoms with Crippen LogP contribution in [0.4, 0.5) is 10.5 Å². The third-order valence-corrected chi connectivity index (χ3v) is 9.19. The van der Waals surface area contributed by atoms with Crippen LogP contribution in [-0.2, 0) is 30.3 Å². The van der Waals surface area contributed by atoms with Crippen molar-refractivity contribution in [2.45, 2.75) is 90.4 Å². The summed E-state index contributed by atoms with van der Waals surface area (Å²) in [5.74, 6) is -0.617. The van der Waals surface area contributed by atoms with Crippen molar-refractivity contribution in [1.29, 1.82) is 0 Å². The molecule has 0 saturated carbocycles. The number of ketones is 1. The molecule has 2 aromatic rings. The Morgan fingerprint density at radius 3 is 1.94 bits per heavy atom. The fraction of sp³-hybridized carbons (Fsp3) is 0.553. The first-order chi connectivity index (χ1) is 23.8. The molecular weight excluding hydrogens is 638 g/mol. The number of methoxy groups -OCH3 is 1. The second-order valence-corrected chi connectivity index (χ2v) is 14.4. The van der Waals surface area contributed by atoms with E-state index in [0.717, 1.165) is 5.56 Å². The Labute approximate surface area is 295 Å². The number of piperidine rings is 1. The third kappa shape index (κ3) is 11.0. The largest absolute Gasteiger partial charge is 0.497 e. The van der Waals surface area contributed by atoms with Crippen molar-refractivity contribution in [2.75, 3.05) is 32.1 Å². The number of amides is 5. The summed E-state index contributed by atoms with van der Waals surface area (Å²) in [5, 5.41) is 11.6. The number of Topliss-reactive ketones (excluding diaryl/α,β-unsaturated/α-hetero) is 1. The summed E-state index contributed by atoms with van der Waals surface area (Å²) in [5.41, 5.74) is 0.596. The number of hydrogen-bond acceptors (Lipinski definition) is 7. The van der Waals surface area contributed by atoms with Crippen molar-refractivity contribution in [3.8, 4) is 5.75 Å². The molecule has 0 spiro atoms. The van der Waals surface area contributed by atoms with Crippen molar-refractivity contribution in [3.05, 3.63) is 60.2 Å². The van der Waals surface area contributed by atoms with Gasteiger partial charge in [0.15, 0.2) is 5.78 Å². The number of carbonyl (C=O) groups is 5. The summed E-state index contributed by atoms with van der Waals surface area (Å²) in [6.45, 7) is 10.6. The van der Waals surface area contributed by atoms with Crippen molar-refractivity contribution < 1.29 is 33.4 Å². The topological polar surface area (TPSA) is 158 Å². The molecule has 50 heavy (non-hydrogen) atoms. The van der Waals surface area contributed by atoms with Gasteiger partial charge < -0.3 is 35.6 Å². The SMILES string of the molecule is COc1ccc(NC(=O)C2CCN(C(=O)NC(CC(C)C)C(=O)NC(Cc3ccccc3)C(=O)NC(CC(C)C)C(=O)C3(C)CO3)CC2)cc1. The number of benzene rings is 2. The molecule has 12 nitrogen and oxygen atoms in total. The molecule has 4 rings (SSSR count). The van der Waals surface area contributed by atoms with Gasteiger partial charge in [-0.2, -0.15) is 0 Å². The van der Waals surface area contributed by atoms with Gasteiger partial charge in [-0.25, -0.2) is 4.79 Å². The molecule has 0 aromatic heterocycles. The van der Waals surface area contributed by atoms with Crippen molar-refractivity contribution in [1.82, 2.24) is 20.9 Å². The number of anilines is 1. The predicted octanol–water partition coefficient (Wildman–Crippen LogP) is 4.09. The van der Waals surface area contributed by atoms with Crippen LogP contribution in [-0.4, -0.2) is 85.0 Å². The highest BCUT2D eigenvalue weighted by molar-refractivity contribution is 5.98. The first-order valence-electron chi connectivity index (χ1n) is 17.6. The van der Waals surface area contributed by atoms with E-state index >= 15 is 0 Å². The van der Waals surface area contributed by atoms with Crippen molar-refractivity contribution >= 4 is 35.2 Å². The third-order valence-electron chi connectivity index (χ3n) is 9.19. The van der Waals surface area contributed by atoms with Gasteiger partial charge >= 0.3 is 6.03 Å². The molecule has 0 bridgehead atoms. The number of carbonyl (C=O) groups excluding carboxylic acids is 5. The number of nitrogens with zero attached hydrogens (tertiary/aromatic N) is 1. The number of rotatable bonds is 16. The molecule has 2 heterocycles. The first kappa shape index (κ1) is 38.4. The second-order valence-electron chi connectivity index (χ2n) is 14.4. The van der Waals surface area contributed by atoms with E-state index in [0.29, 0.717) is 56.8 Å². The number of likely N-dealkylation sites (tertiary alicyclic amines) is 1. The lowest BCUT2D eigenvalue weighted by molar-refractivity contribution is -0.133. The van der Waals surface area contributed by atoms with E-state index in [1.807, 2.05) is 58.0 Å². The van der Waals surface area contributed by atoms with E-state index in [-0.39, 0.29) is 35.9 Å². The highest BCUT2D eigenvalue weighted by Crippen LogP contribution is 2.30. The van der Waals surface area contributed by atoms with Gasteiger partial charge in [-0.1, -0.05) is 58.0 Å². The number of ether oxygens (including phenoxy) is 2. The van der Waals surface area contributed by atoms with Crippen LogP contribution in [0, 0.1) is 17.8 Å². The predicted molar refractivity (Wildman–Crippen MR) is 191 cm³/mol. The van der Waals surface area contributed by atoms with E-state index in [1.54, 1.807) is 43.2 Å². The molecule has 272 valence electrons. The molecule has 2 aliphatic rings. The zero-order chi connectivity index (χ0) is 36.4. The Morgan fingerprint density at radius 1 is 0.820 bits per heavy atom. The first-order valence-corrected chi connectivity index (χ1v) is 17.6. The summed E-state index contributed by atoms with van der Waals surface area (Å²) in [6, 6.07) is 13.4. The highest BCUT2D eigenvalue weighted by atomic mass is 16.6. The van der Waals surface area contributed by atoms with Crippen LogP contribution in [0.25, 0.3) is 0 Å². The van der Waals surface area contributed by atoms with Gasteiger partial charge in [-0.05, 0) is 74.3 Å². The highest BCUT2D eigenvalue weighted by Gasteiger charge is 2.50. The molecule has 0 aliphatic carbocycles. The summed E-state index contributed by atoms with van der Waals surface area (Å²) in [6.07, 6.45) is 1.94. The Morgan fingerprint density at radius 2 is 1.38 bits per heavy atom. The molecule has 2 aliphatic heterocycles. The lowest BCUT2D eigenvalue weighted by atomic mass is 9.93. The second kappa shape index (κ2) is 17.5. The van der Waals surface area contributed by atoms with Gasteiger partial charge in [0.05, 0.1) is 19.8 Å². The summed E-state index contributed by atoms with van der Waals surface area (Å²) < 4.78 is 10.6. The average Bonchev–Trinajstić information content (AvgIpc) is 3.85. The minimum Gasteiger partial charge on any atom is -0.497 e. The van der Waals surface area contributed by atoms with Crippen LogP contribution in [0.1, 0.15) is 65.9 Å². The van der Waals surface area contributed by atoms with Gasteiger partial charge in [0.2, 0.25) is 17.7 Å².